The average Bonchev–Trinajstić information content (AvgIpc) is 2.48. The first-order chi connectivity index (χ1) is 10.7. The molecule has 0 bridgehead atoms. The molecule has 1 amide bonds. The van der Waals surface area contributed by atoms with Gasteiger partial charge < -0.3 is 5.32 Å². The number of rotatable bonds is 8. The van der Waals surface area contributed by atoms with Crippen LogP contribution in [0.1, 0.15) is 46.1 Å². The second-order valence-corrected chi connectivity index (χ2v) is 7.96. The predicted molar refractivity (Wildman–Crippen MR) is 94.0 cm³/mol. The van der Waals surface area contributed by atoms with E-state index in [1.54, 1.807) is 25.1 Å². The van der Waals surface area contributed by atoms with Gasteiger partial charge in [0, 0.05) is 25.2 Å². The highest BCUT2D eigenvalue weighted by molar-refractivity contribution is 7.89. The molecule has 1 aromatic rings. The molecule has 5 nitrogen and oxygen atoms in total. The van der Waals surface area contributed by atoms with E-state index in [0.29, 0.717) is 36.7 Å². The normalized spacial score (nSPS) is 12.0. The molecule has 0 atom stereocenters. The lowest BCUT2D eigenvalue weighted by atomic mass is 10.1. The lowest BCUT2D eigenvalue weighted by molar-refractivity contribution is -0.116. The van der Waals surface area contributed by atoms with Crippen LogP contribution in [0, 0.1) is 12.8 Å². The van der Waals surface area contributed by atoms with Gasteiger partial charge in [-0.1, -0.05) is 33.8 Å². The Morgan fingerprint density at radius 3 is 2.35 bits per heavy atom. The van der Waals surface area contributed by atoms with Crippen molar-refractivity contribution in [2.45, 2.75) is 52.4 Å². The van der Waals surface area contributed by atoms with Gasteiger partial charge in [0.2, 0.25) is 15.9 Å². The molecule has 0 radical (unpaired) electrons. The van der Waals surface area contributed by atoms with Crippen LogP contribution in [0.4, 0.5) is 5.69 Å². The zero-order valence-electron chi connectivity index (χ0n) is 14.7. The standard InChI is InChI=1S/C17H28N2O3S/c1-6-19(7-2)23(21,22)16-12-15(10-9-14(16)5)18-17(20)11-8-13(3)4/h9-10,12-13H,6-8,11H2,1-5H3,(H,18,20). The van der Waals surface area contributed by atoms with Crippen molar-refractivity contribution in [3.63, 3.8) is 0 Å². The fraction of sp³-hybridized carbons (Fsp3) is 0.588. The molecule has 0 unspecified atom stereocenters. The van der Waals surface area contributed by atoms with Crippen LogP contribution in [0.25, 0.3) is 0 Å². The predicted octanol–water partition coefficient (Wildman–Crippen LogP) is 3.40. The Morgan fingerprint density at radius 2 is 1.83 bits per heavy atom. The highest BCUT2D eigenvalue weighted by Crippen LogP contribution is 2.23. The van der Waals surface area contributed by atoms with Gasteiger partial charge in [-0.3, -0.25) is 4.79 Å². The zero-order valence-corrected chi connectivity index (χ0v) is 15.5. The summed E-state index contributed by atoms with van der Waals surface area (Å²) in [5.74, 6) is 0.367. The van der Waals surface area contributed by atoms with Crippen molar-refractivity contribution in [3.05, 3.63) is 23.8 Å². The molecule has 1 aromatic carbocycles. The lowest BCUT2D eigenvalue weighted by Crippen LogP contribution is -2.31. The Labute approximate surface area is 140 Å². The third kappa shape index (κ3) is 5.32. The number of amides is 1. The molecular weight excluding hydrogens is 312 g/mol. The molecule has 0 aliphatic heterocycles. The Kier molecular flexibility index (Phi) is 7.22. The molecule has 0 heterocycles. The minimum Gasteiger partial charge on any atom is -0.326 e. The maximum atomic E-state index is 12.7. The highest BCUT2D eigenvalue weighted by Gasteiger charge is 2.24. The summed E-state index contributed by atoms with van der Waals surface area (Å²) in [5, 5.41) is 2.79. The van der Waals surface area contributed by atoms with E-state index in [-0.39, 0.29) is 10.8 Å². The largest absolute Gasteiger partial charge is 0.326 e. The number of hydrogen-bond donors (Lipinski definition) is 1. The SMILES string of the molecule is CCN(CC)S(=O)(=O)c1cc(NC(=O)CCC(C)C)ccc1C. The molecule has 0 aliphatic rings. The molecule has 1 N–H and O–H groups in total. The number of nitrogens with zero attached hydrogens (tertiary/aromatic N) is 1. The van der Waals surface area contributed by atoms with Crippen molar-refractivity contribution in [2.24, 2.45) is 5.92 Å². The third-order valence-corrected chi connectivity index (χ3v) is 5.94. The summed E-state index contributed by atoms with van der Waals surface area (Å²) in [6.07, 6.45) is 1.24. The van der Waals surface area contributed by atoms with Crippen LogP contribution in [-0.2, 0) is 14.8 Å². The van der Waals surface area contributed by atoms with Crippen LogP contribution >= 0.6 is 0 Å². The van der Waals surface area contributed by atoms with Gasteiger partial charge in [-0.05, 0) is 37.0 Å². The van der Waals surface area contributed by atoms with Crippen LogP contribution in [0.15, 0.2) is 23.1 Å². The Bertz CT molecular complexity index is 635. The molecule has 6 heteroatoms. The van der Waals surface area contributed by atoms with Crippen molar-refractivity contribution in [2.75, 3.05) is 18.4 Å². The number of sulfonamides is 1. The number of nitrogens with one attached hydrogen (secondary N) is 1. The number of anilines is 1. The topological polar surface area (TPSA) is 66.5 Å². The maximum Gasteiger partial charge on any atom is 0.243 e. The van der Waals surface area contributed by atoms with E-state index in [1.807, 2.05) is 13.8 Å². The quantitative estimate of drug-likeness (QED) is 0.789. The van der Waals surface area contributed by atoms with E-state index in [4.69, 9.17) is 0 Å². The van der Waals surface area contributed by atoms with Gasteiger partial charge in [-0.15, -0.1) is 0 Å². The first kappa shape index (κ1) is 19.6. The Morgan fingerprint density at radius 1 is 1.22 bits per heavy atom. The van der Waals surface area contributed by atoms with Gasteiger partial charge in [-0.25, -0.2) is 8.42 Å². The molecule has 0 fully saturated rings. The number of carbonyl (C=O) groups is 1. The minimum atomic E-state index is -3.53. The summed E-state index contributed by atoms with van der Waals surface area (Å²) < 4.78 is 26.8. The van der Waals surface area contributed by atoms with E-state index in [0.717, 1.165) is 6.42 Å². The van der Waals surface area contributed by atoms with Crippen molar-refractivity contribution >= 4 is 21.6 Å². The molecule has 0 aromatic heterocycles. The third-order valence-electron chi connectivity index (χ3n) is 3.74. The zero-order chi connectivity index (χ0) is 17.6. The number of hydrogen-bond acceptors (Lipinski definition) is 3. The van der Waals surface area contributed by atoms with E-state index >= 15 is 0 Å². The van der Waals surface area contributed by atoms with E-state index in [9.17, 15) is 13.2 Å². The van der Waals surface area contributed by atoms with Gasteiger partial charge in [0.25, 0.3) is 0 Å². The summed E-state index contributed by atoms with van der Waals surface area (Å²) in [7, 11) is -3.53. The van der Waals surface area contributed by atoms with Gasteiger partial charge in [-0.2, -0.15) is 4.31 Å². The molecule has 0 spiro atoms. The molecular formula is C17H28N2O3S. The fourth-order valence-electron chi connectivity index (χ4n) is 2.30. The highest BCUT2D eigenvalue weighted by atomic mass is 32.2. The summed E-state index contributed by atoms with van der Waals surface area (Å²) in [4.78, 5) is 12.2. The molecule has 1 rings (SSSR count). The van der Waals surface area contributed by atoms with Gasteiger partial charge in [0.05, 0.1) is 4.90 Å². The minimum absolute atomic E-state index is 0.0891. The number of benzene rings is 1. The van der Waals surface area contributed by atoms with Crippen LogP contribution in [0.2, 0.25) is 0 Å². The average molecular weight is 340 g/mol. The van der Waals surface area contributed by atoms with Gasteiger partial charge >= 0.3 is 0 Å². The molecule has 23 heavy (non-hydrogen) atoms. The lowest BCUT2D eigenvalue weighted by Gasteiger charge is -2.20. The summed E-state index contributed by atoms with van der Waals surface area (Å²) in [5.41, 5.74) is 1.20. The number of aryl methyl sites for hydroxylation is 1. The van der Waals surface area contributed by atoms with Crippen molar-refractivity contribution in [3.8, 4) is 0 Å². The van der Waals surface area contributed by atoms with Crippen LogP contribution < -0.4 is 5.32 Å². The van der Waals surface area contributed by atoms with E-state index in [1.165, 1.54) is 4.31 Å². The summed E-state index contributed by atoms with van der Waals surface area (Å²) in [6.45, 7) is 10.4. The number of carbonyl (C=O) groups excluding carboxylic acids is 1. The van der Waals surface area contributed by atoms with Gasteiger partial charge in [0.1, 0.15) is 0 Å². The van der Waals surface area contributed by atoms with Gasteiger partial charge in [0.15, 0.2) is 0 Å². The summed E-state index contributed by atoms with van der Waals surface area (Å²) in [6, 6.07) is 5.02. The maximum absolute atomic E-state index is 12.7. The van der Waals surface area contributed by atoms with Crippen molar-refractivity contribution in [1.82, 2.24) is 4.31 Å². The second-order valence-electron chi connectivity index (χ2n) is 6.05. The van der Waals surface area contributed by atoms with E-state index in [2.05, 4.69) is 19.2 Å². The first-order valence-corrected chi connectivity index (χ1v) is 9.57. The van der Waals surface area contributed by atoms with Crippen molar-refractivity contribution < 1.29 is 13.2 Å². The van der Waals surface area contributed by atoms with Crippen LogP contribution in [0.3, 0.4) is 0 Å². The smallest absolute Gasteiger partial charge is 0.243 e. The Hall–Kier alpha value is -1.40. The van der Waals surface area contributed by atoms with Crippen LogP contribution in [-0.4, -0.2) is 31.7 Å². The summed E-state index contributed by atoms with van der Waals surface area (Å²) >= 11 is 0. The molecule has 130 valence electrons. The Balaban J connectivity index is 3.02. The first-order valence-electron chi connectivity index (χ1n) is 8.13. The van der Waals surface area contributed by atoms with Crippen LogP contribution in [0.5, 0.6) is 0 Å². The van der Waals surface area contributed by atoms with Crippen molar-refractivity contribution in [1.29, 1.82) is 0 Å². The van der Waals surface area contributed by atoms with E-state index < -0.39 is 10.0 Å². The fourth-order valence-corrected chi connectivity index (χ4v) is 4.01. The second kappa shape index (κ2) is 8.45. The monoisotopic (exact) mass is 340 g/mol. The molecule has 0 saturated carbocycles. The molecule has 0 saturated heterocycles. The molecule has 0 aliphatic carbocycles.